The Labute approximate surface area is 190 Å². The molecule has 0 saturated carbocycles. The zero-order valence-corrected chi connectivity index (χ0v) is 20.0. The van der Waals surface area contributed by atoms with Crippen molar-refractivity contribution in [2.24, 2.45) is 0 Å². The molecule has 162 valence electrons. The van der Waals surface area contributed by atoms with E-state index in [-0.39, 0.29) is 24.8 Å². The summed E-state index contributed by atoms with van der Waals surface area (Å²) in [5, 5.41) is 0. The Morgan fingerprint density at radius 1 is 0.759 bits per heavy atom. The van der Waals surface area contributed by atoms with Gasteiger partial charge in [0.2, 0.25) is 0 Å². The van der Waals surface area contributed by atoms with Crippen LogP contribution in [-0.2, 0) is 12.8 Å². The fraction of sp³-hybridized carbons (Fsp3) is 0.440. The van der Waals surface area contributed by atoms with Gasteiger partial charge in [-0.15, -0.1) is 0 Å². The molecule has 2 rings (SSSR count). The van der Waals surface area contributed by atoms with Crippen molar-refractivity contribution in [1.29, 1.82) is 0 Å². The van der Waals surface area contributed by atoms with Crippen LogP contribution in [0, 0.1) is 0 Å². The molecular formula is C25H38Cl2N2. The van der Waals surface area contributed by atoms with E-state index >= 15 is 0 Å². The molecule has 0 saturated heterocycles. The Morgan fingerprint density at radius 2 is 1.38 bits per heavy atom. The molecule has 0 aliphatic carbocycles. The van der Waals surface area contributed by atoms with Crippen molar-refractivity contribution in [2.75, 3.05) is 41.3 Å². The molecule has 0 spiro atoms. The van der Waals surface area contributed by atoms with Crippen molar-refractivity contribution in [3.05, 3.63) is 77.4 Å². The molecule has 2 aromatic carbocycles. The largest absolute Gasteiger partial charge is 1.00 e. The summed E-state index contributed by atoms with van der Waals surface area (Å²) in [6.45, 7) is 2.41. The average Bonchev–Trinajstić information content (AvgIpc) is 2.66. The van der Waals surface area contributed by atoms with Crippen molar-refractivity contribution in [1.82, 2.24) is 0 Å². The van der Waals surface area contributed by atoms with Crippen LogP contribution in [-0.4, -0.2) is 41.3 Å². The molecule has 0 heterocycles. The number of hydrogen-bond donors (Lipinski definition) is 2. The third kappa shape index (κ3) is 10.9. The Kier molecular flexibility index (Phi) is 14.8. The van der Waals surface area contributed by atoms with Gasteiger partial charge in [0.1, 0.15) is 0 Å². The van der Waals surface area contributed by atoms with Crippen LogP contribution < -0.4 is 34.6 Å². The minimum absolute atomic E-state index is 0. The number of hydrogen-bond acceptors (Lipinski definition) is 0. The van der Waals surface area contributed by atoms with E-state index in [1.807, 2.05) is 0 Å². The van der Waals surface area contributed by atoms with Crippen LogP contribution >= 0.6 is 0 Å². The molecule has 0 aliphatic rings. The molecule has 0 atom stereocenters. The summed E-state index contributed by atoms with van der Waals surface area (Å²) in [5.41, 5.74) is 5.92. The summed E-state index contributed by atoms with van der Waals surface area (Å²) >= 11 is 0. The first kappa shape index (κ1) is 27.7. The van der Waals surface area contributed by atoms with E-state index in [2.05, 4.69) is 88.9 Å². The lowest BCUT2D eigenvalue weighted by Gasteiger charge is -2.15. The second kappa shape index (κ2) is 15.5. The highest BCUT2D eigenvalue weighted by Crippen LogP contribution is 2.25. The highest BCUT2D eigenvalue weighted by molar-refractivity contribution is 5.68. The smallest absolute Gasteiger partial charge is 0.0802 e. The maximum Gasteiger partial charge on any atom is 0.0802 e. The van der Waals surface area contributed by atoms with Gasteiger partial charge in [-0.25, -0.2) is 0 Å². The van der Waals surface area contributed by atoms with Crippen LogP contribution in [0.25, 0.3) is 5.57 Å². The second-order valence-corrected chi connectivity index (χ2v) is 8.18. The van der Waals surface area contributed by atoms with E-state index < -0.39 is 0 Å². The summed E-state index contributed by atoms with van der Waals surface area (Å²) < 4.78 is 0. The quantitative estimate of drug-likeness (QED) is 0.359. The summed E-state index contributed by atoms with van der Waals surface area (Å²) in [7, 11) is 8.95. The van der Waals surface area contributed by atoms with E-state index in [0.29, 0.717) is 0 Å². The highest BCUT2D eigenvalue weighted by Gasteiger charge is 2.09. The van der Waals surface area contributed by atoms with Gasteiger partial charge in [0.15, 0.2) is 0 Å². The predicted octanol–water partition coefficient (Wildman–Crippen LogP) is -3.68. The van der Waals surface area contributed by atoms with Gasteiger partial charge >= 0.3 is 0 Å². The topological polar surface area (TPSA) is 8.88 Å². The average molecular weight is 437 g/mol. The van der Waals surface area contributed by atoms with Gasteiger partial charge in [-0.05, 0) is 41.5 Å². The van der Waals surface area contributed by atoms with Crippen molar-refractivity contribution < 1.29 is 34.6 Å². The zero-order chi connectivity index (χ0) is 19.5. The molecule has 0 radical (unpaired) electrons. The number of benzene rings is 2. The number of halogens is 2. The molecule has 2 N–H and O–H groups in total. The van der Waals surface area contributed by atoms with Gasteiger partial charge in [0.05, 0.1) is 41.3 Å². The van der Waals surface area contributed by atoms with Gasteiger partial charge in [-0.3, -0.25) is 0 Å². The SMILES string of the molecule is C[NH+](C)CC/C=C(\CCC[NH+](C)C)c1ccccc1CCc1ccccc1.[Cl-].[Cl-]. The lowest BCUT2D eigenvalue weighted by Crippen LogP contribution is -3.05. The standard InChI is InChI=1S/C25H36N2.2ClH/c1-26(2)20-10-15-23(16-11-21-27(3)4)25-17-9-8-14-24(25)19-18-22-12-6-5-7-13-22;;/h5-9,12-15,17H,10-11,16,18-21H2,1-4H3;2*1H/b23-15+;;. The van der Waals surface area contributed by atoms with E-state index in [1.165, 1.54) is 52.4 Å². The van der Waals surface area contributed by atoms with E-state index in [9.17, 15) is 0 Å². The normalized spacial score (nSPS) is 11.3. The van der Waals surface area contributed by atoms with Crippen molar-refractivity contribution >= 4 is 5.57 Å². The first-order valence-electron chi connectivity index (χ1n) is 10.5. The third-order valence-electron chi connectivity index (χ3n) is 5.05. The molecule has 29 heavy (non-hydrogen) atoms. The molecular weight excluding hydrogens is 399 g/mol. The van der Waals surface area contributed by atoms with Crippen LogP contribution in [0.2, 0.25) is 0 Å². The molecule has 0 unspecified atom stereocenters. The van der Waals surface area contributed by atoms with Gasteiger partial charge in [0, 0.05) is 12.8 Å². The monoisotopic (exact) mass is 436 g/mol. The zero-order valence-electron chi connectivity index (χ0n) is 18.5. The summed E-state index contributed by atoms with van der Waals surface area (Å²) in [6.07, 6.45) is 8.29. The molecule has 0 fully saturated rings. The number of allylic oxidation sites excluding steroid dienone is 1. The van der Waals surface area contributed by atoms with Crippen LogP contribution in [0.4, 0.5) is 0 Å². The molecule has 4 heteroatoms. The summed E-state index contributed by atoms with van der Waals surface area (Å²) in [4.78, 5) is 3.05. The second-order valence-electron chi connectivity index (χ2n) is 8.18. The highest BCUT2D eigenvalue weighted by atomic mass is 35.5. The molecule has 0 amide bonds. The molecule has 2 nitrogen and oxygen atoms in total. The summed E-state index contributed by atoms with van der Waals surface area (Å²) in [5.74, 6) is 0. The molecule has 0 aromatic heterocycles. The minimum Gasteiger partial charge on any atom is -1.00 e. The third-order valence-corrected chi connectivity index (χ3v) is 5.05. The first-order valence-corrected chi connectivity index (χ1v) is 10.5. The van der Waals surface area contributed by atoms with Crippen molar-refractivity contribution in [2.45, 2.75) is 32.1 Å². The van der Waals surface area contributed by atoms with E-state index in [1.54, 1.807) is 5.57 Å². The number of quaternary nitrogens is 2. The van der Waals surface area contributed by atoms with Crippen LogP contribution in [0.5, 0.6) is 0 Å². The minimum atomic E-state index is 0. The Bertz CT molecular complexity index is 697. The van der Waals surface area contributed by atoms with Gasteiger partial charge in [-0.2, -0.15) is 0 Å². The number of aryl methyl sites for hydroxylation is 2. The number of rotatable bonds is 11. The van der Waals surface area contributed by atoms with E-state index in [4.69, 9.17) is 0 Å². The van der Waals surface area contributed by atoms with Crippen molar-refractivity contribution in [3.63, 3.8) is 0 Å². The predicted molar refractivity (Wildman–Crippen MR) is 117 cm³/mol. The van der Waals surface area contributed by atoms with Crippen LogP contribution in [0.3, 0.4) is 0 Å². The van der Waals surface area contributed by atoms with Gasteiger partial charge in [0.25, 0.3) is 0 Å². The maximum atomic E-state index is 2.50. The first-order chi connectivity index (χ1) is 13.1. The Morgan fingerprint density at radius 3 is 2.03 bits per heavy atom. The fourth-order valence-electron chi connectivity index (χ4n) is 3.49. The summed E-state index contributed by atoms with van der Waals surface area (Å²) in [6, 6.07) is 19.9. The molecule has 0 aliphatic heterocycles. The Hall–Kier alpha value is -1.32. The Balaban J connectivity index is 0.00000392. The fourth-order valence-corrected chi connectivity index (χ4v) is 3.49. The van der Waals surface area contributed by atoms with E-state index in [0.717, 1.165) is 19.3 Å². The number of nitrogens with one attached hydrogen (secondary N) is 2. The maximum absolute atomic E-state index is 2.50. The van der Waals surface area contributed by atoms with Crippen LogP contribution in [0.1, 0.15) is 36.0 Å². The van der Waals surface area contributed by atoms with Gasteiger partial charge < -0.3 is 34.6 Å². The lowest BCUT2D eigenvalue weighted by atomic mass is 9.92. The van der Waals surface area contributed by atoms with Crippen LogP contribution in [0.15, 0.2) is 60.7 Å². The molecule has 2 aromatic rings. The molecule has 0 bridgehead atoms. The van der Waals surface area contributed by atoms with Gasteiger partial charge in [-0.1, -0.05) is 60.7 Å². The lowest BCUT2D eigenvalue weighted by molar-refractivity contribution is -0.858. The van der Waals surface area contributed by atoms with Crippen molar-refractivity contribution in [3.8, 4) is 0 Å².